The summed E-state index contributed by atoms with van der Waals surface area (Å²) in [5, 5.41) is 35.6. The van der Waals surface area contributed by atoms with Gasteiger partial charge in [0, 0.05) is 50.2 Å². The van der Waals surface area contributed by atoms with E-state index in [-0.39, 0.29) is 46.4 Å². The summed E-state index contributed by atoms with van der Waals surface area (Å²) in [7, 11) is -5.94. The standard InChI is InChI=1S/C84H108F2N2O4Si3/c1-48-32-52(80(5,6)7)38-64-72(48)73-49(2)35-59(93(20,21)22)47-67(73)87(64)68-41-53(81(8,9)10)36-60(76(68)89)62-45-57(85)33-50(3)78(62)91-30-29-31-92-79-51(4)34-58(86)46-63(79)61-37-54(82(11,12)13)42-69(77(61)90)88-65-39-55(83(14,15)16)43-70(94(23,24)25)74(65)75-66(88)40-56(84(17,18)19)44-71(75)95(26,27)28/h32-47,89-90H,29-31H2,1-28H3. The second-order valence-corrected chi connectivity index (χ2v) is 51.1. The molecular formula is C84H108F2N2O4Si3. The van der Waals surface area contributed by atoms with E-state index in [2.05, 4.69) is 246 Å². The van der Waals surface area contributed by atoms with Crippen molar-refractivity contribution in [1.29, 1.82) is 0 Å². The largest absolute Gasteiger partial charge is 0.505 e. The Kier molecular flexibility index (Phi) is 17.9. The van der Waals surface area contributed by atoms with Gasteiger partial charge in [0.1, 0.15) is 34.6 Å². The first-order valence-corrected chi connectivity index (χ1v) is 44.9. The lowest BCUT2D eigenvalue weighted by Crippen LogP contribution is -2.41. The van der Waals surface area contributed by atoms with Crippen molar-refractivity contribution < 1.29 is 28.5 Å². The van der Waals surface area contributed by atoms with E-state index in [4.69, 9.17) is 9.47 Å². The molecular weight excluding hydrogens is 1220 g/mol. The van der Waals surface area contributed by atoms with Crippen LogP contribution in [-0.2, 0) is 27.1 Å². The molecule has 0 radical (unpaired) electrons. The summed E-state index contributed by atoms with van der Waals surface area (Å²) < 4.78 is 50.9. The molecule has 10 rings (SSSR count). The van der Waals surface area contributed by atoms with Crippen LogP contribution < -0.4 is 25.0 Å². The van der Waals surface area contributed by atoms with Gasteiger partial charge in [-0.25, -0.2) is 8.78 Å². The van der Waals surface area contributed by atoms with Crippen LogP contribution in [0.25, 0.3) is 77.2 Å². The number of hydrogen-bond donors (Lipinski definition) is 2. The molecule has 0 saturated carbocycles. The van der Waals surface area contributed by atoms with E-state index in [1.165, 1.54) is 78.4 Å². The van der Waals surface area contributed by atoms with Gasteiger partial charge in [-0.3, -0.25) is 0 Å². The normalized spacial score (nSPS) is 13.4. The molecule has 0 aliphatic rings. The highest BCUT2D eigenvalue weighted by Gasteiger charge is 2.35. The summed E-state index contributed by atoms with van der Waals surface area (Å²) in [5.41, 5.74) is 15.2. The number of nitrogens with zero attached hydrogens (tertiary/aromatic N) is 2. The Hall–Kier alpha value is -6.93. The lowest BCUT2D eigenvalue weighted by atomic mass is 9.84. The molecule has 6 nitrogen and oxygen atoms in total. The first-order chi connectivity index (χ1) is 43.5. The molecule has 95 heavy (non-hydrogen) atoms. The Morgan fingerprint density at radius 3 is 1.00 bits per heavy atom. The second kappa shape index (κ2) is 24.0. The van der Waals surface area contributed by atoms with E-state index in [0.717, 1.165) is 44.0 Å². The van der Waals surface area contributed by atoms with Crippen molar-refractivity contribution in [2.75, 3.05) is 13.2 Å². The second-order valence-electron chi connectivity index (χ2n) is 35.9. The maximum absolute atomic E-state index is 16.4. The molecule has 0 bridgehead atoms. The molecule has 2 N–H and O–H groups in total. The highest BCUT2D eigenvalue weighted by Crippen LogP contribution is 2.50. The fourth-order valence-electron chi connectivity index (χ4n) is 13.9. The minimum atomic E-state index is -2.05. The molecule has 0 aliphatic carbocycles. The summed E-state index contributed by atoms with van der Waals surface area (Å²) in [4.78, 5) is 0. The van der Waals surface area contributed by atoms with Crippen LogP contribution >= 0.6 is 0 Å². The van der Waals surface area contributed by atoms with Crippen LogP contribution in [0.5, 0.6) is 23.0 Å². The summed E-state index contributed by atoms with van der Waals surface area (Å²) in [6.07, 6.45) is 0.396. The number of aromatic hydroxyl groups is 2. The molecule has 10 aromatic rings. The van der Waals surface area contributed by atoms with Crippen LogP contribution in [-0.4, -0.2) is 56.8 Å². The average Bonchev–Trinajstić information content (AvgIpc) is 1.56. The van der Waals surface area contributed by atoms with Gasteiger partial charge in [-0.1, -0.05) is 192 Å². The van der Waals surface area contributed by atoms with E-state index >= 15 is 8.78 Å². The zero-order valence-corrected chi connectivity index (χ0v) is 65.7. The highest BCUT2D eigenvalue weighted by atomic mass is 28.3. The van der Waals surface area contributed by atoms with Gasteiger partial charge >= 0.3 is 0 Å². The van der Waals surface area contributed by atoms with Crippen LogP contribution in [0.2, 0.25) is 58.9 Å². The van der Waals surface area contributed by atoms with Crippen LogP contribution in [0.1, 0.15) is 160 Å². The predicted molar refractivity (Wildman–Crippen MR) is 413 cm³/mol. The fourth-order valence-corrected chi connectivity index (χ4v) is 18.3. The molecule has 0 aliphatic heterocycles. The fraction of sp³-hybridized carbons (Fsp3) is 0.429. The number of aryl methyl sites for hydroxylation is 4. The van der Waals surface area contributed by atoms with Crippen molar-refractivity contribution in [2.45, 2.75) is 224 Å². The Morgan fingerprint density at radius 1 is 0.347 bits per heavy atom. The molecule has 2 aromatic heterocycles. The van der Waals surface area contributed by atoms with Crippen molar-refractivity contribution in [2.24, 2.45) is 0 Å². The Morgan fingerprint density at radius 2 is 0.663 bits per heavy atom. The number of benzene rings is 8. The number of phenolic OH excluding ortho intramolecular Hbond substituents is 2. The van der Waals surface area contributed by atoms with Crippen LogP contribution in [0, 0.1) is 39.3 Å². The number of hydrogen-bond acceptors (Lipinski definition) is 4. The van der Waals surface area contributed by atoms with E-state index in [1.54, 1.807) is 0 Å². The van der Waals surface area contributed by atoms with Gasteiger partial charge in [-0.2, -0.15) is 0 Å². The summed E-state index contributed by atoms with van der Waals surface area (Å²) in [5.74, 6) is 0.113. The lowest BCUT2D eigenvalue weighted by molar-refractivity contribution is 0.246. The third-order valence-corrected chi connectivity index (χ3v) is 25.7. The van der Waals surface area contributed by atoms with Crippen LogP contribution in [0.15, 0.2) is 97.1 Å². The van der Waals surface area contributed by atoms with Gasteiger partial charge in [-0.05, 0) is 188 Å². The number of phenols is 2. The number of rotatable bonds is 13. The molecule has 504 valence electrons. The van der Waals surface area contributed by atoms with Gasteiger partial charge in [0.15, 0.2) is 0 Å². The monoisotopic (exact) mass is 1330 g/mol. The number of fused-ring (bicyclic) bond motifs is 6. The third kappa shape index (κ3) is 13.4. The zero-order chi connectivity index (χ0) is 70.5. The minimum Gasteiger partial charge on any atom is -0.505 e. The Balaban J connectivity index is 1.09. The minimum absolute atomic E-state index is 0.0289. The Labute approximate surface area is 570 Å². The molecule has 8 aromatic carbocycles. The van der Waals surface area contributed by atoms with Crippen molar-refractivity contribution in [1.82, 2.24) is 9.13 Å². The number of aromatic nitrogens is 2. The number of ether oxygens (including phenoxy) is 2. The van der Waals surface area contributed by atoms with E-state index in [0.29, 0.717) is 62.7 Å². The van der Waals surface area contributed by atoms with Gasteiger partial charge in [-0.15, -0.1) is 0 Å². The van der Waals surface area contributed by atoms with Gasteiger partial charge in [0.05, 0.1) is 70.9 Å². The molecule has 11 heteroatoms. The molecule has 2 heterocycles. The first kappa shape index (κ1) is 70.9. The molecule has 0 fully saturated rings. The third-order valence-electron chi connectivity index (χ3n) is 19.6. The lowest BCUT2D eigenvalue weighted by Gasteiger charge is -2.27. The topological polar surface area (TPSA) is 68.8 Å². The van der Waals surface area contributed by atoms with Gasteiger partial charge in [0.2, 0.25) is 0 Å². The van der Waals surface area contributed by atoms with Crippen LogP contribution in [0.3, 0.4) is 0 Å². The quantitative estimate of drug-likeness (QED) is 0.0892. The molecule has 0 amide bonds. The smallest absolute Gasteiger partial charge is 0.147 e. The molecule has 0 unspecified atom stereocenters. The molecule has 0 saturated heterocycles. The summed E-state index contributed by atoms with van der Waals surface area (Å²) >= 11 is 0. The van der Waals surface area contributed by atoms with Gasteiger partial charge in [0.25, 0.3) is 0 Å². The Bertz CT molecular complexity index is 4570. The van der Waals surface area contributed by atoms with Crippen LogP contribution in [0.4, 0.5) is 8.78 Å². The van der Waals surface area contributed by atoms with Crippen molar-refractivity contribution in [3.05, 3.63) is 159 Å². The number of halogens is 2. The predicted octanol–water partition coefficient (Wildman–Crippen LogP) is 22.1. The van der Waals surface area contributed by atoms with Crippen molar-refractivity contribution in [3.8, 4) is 56.6 Å². The van der Waals surface area contributed by atoms with E-state index in [1.807, 2.05) is 26.0 Å². The summed E-state index contributed by atoms with van der Waals surface area (Å²) in [6, 6.07) is 33.3. The molecule has 0 spiro atoms. The SMILES string of the molecule is Cc1cc(F)cc(-c2cc(C(C)(C)C)cc(-n3c4cc(C(C)(C)C)cc(C)c4c4c(C)cc([Si](C)(C)C)cc43)c2O)c1OCCCOc1c(C)cc(F)cc1-c1cc(C(C)(C)C)cc(-n2c3cc(C(C)(C)C)cc([Si](C)(C)C)c3c3c([Si](C)(C)C)cc(C(C)(C)C)cc32)c1O. The highest BCUT2D eigenvalue weighted by molar-refractivity contribution is 6.93. The van der Waals surface area contributed by atoms with E-state index in [9.17, 15) is 10.2 Å². The van der Waals surface area contributed by atoms with Gasteiger partial charge < -0.3 is 28.8 Å². The van der Waals surface area contributed by atoms with E-state index < -0.39 is 41.3 Å². The maximum Gasteiger partial charge on any atom is 0.147 e. The summed E-state index contributed by atoms with van der Waals surface area (Å²) in [6.45, 7) is 63.7. The first-order valence-electron chi connectivity index (χ1n) is 34.4. The van der Waals surface area contributed by atoms with Crippen molar-refractivity contribution >= 4 is 83.4 Å². The maximum atomic E-state index is 16.4. The molecule has 0 atom stereocenters. The zero-order valence-electron chi connectivity index (χ0n) is 62.7. The average molecular weight is 1330 g/mol. The van der Waals surface area contributed by atoms with Crippen molar-refractivity contribution in [3.63, 3.8) is 0 Å².